The number of nitrogens with zero attached hydrogens (tertiary/aromatic N) is 2. The fourth-order valence-corrected chi connectivity index (χ4v) is 5.26. The van der Waals surface area contributed by atoms with Crippen LogP contribution >= 0.6 is 34.8 Å². The van der Waals surface area contributed by atoms with Crippen molar-refractivity contribution in [3.63, 3.8) is 0 Å². The lowest BCUT2D eigenvalue weighted by molar-refractivity contribution is -0.131. The number of nitrogens with one attached hydrogen (secondary N) is 1. The topological polar surface area (TPSA) is 69.7 Å². The molecule has 1 N–H and O–H groups in total. The van der Waals surface area contributed by atoms with E-state index in [1.165, 1.54) is 24.3 Å². The second-order valence-electron chi connectivity index (χ2n) is 7.70. The van der Waals surface area contributed by atoms with Crippen molar-refractivity contribution in [2.75, 3.05) is 16.3 Å². The minimum absolute atomic E-state index is 0.0420. The Hall–Kier alpha value is -2.45. The fraction of sp³-hybridized carbons (Fsp3) is 0.174. The van der Waals surface area contributed by atoms with Gasteiger partial charge in [-0.2, -0.15) is 0 Å². The number of hydrazine groups is 1. The van der Waals surface area contributed by atoms with Crippen molar-refractivity contribution in [1.82, 2.24) is 5.01 Å². The third-order valence-electron chi connectivity index (χ3n) is 5.31. The average Bonchev–Trinajstić information content (AvgIpc) is 3.06. The Morgan fingerprint density at radius 1 is 0.970 bits per heavy atom. The molecule has 3 aromatic carbocycles. The number of amides is 1. The summed E-state index contributed by atoms with van der Waals surface area (Å²) in [6.45, 7) is 2.56. The highest BCUT2D eigenvalue weighted by Crippen LogP contribution is 2.32. The van der Waals surface area contributed by atoms with E-state index in [1.54, 1.807) is 17.1 Å². The standard InChI is InChI=1S/C23H20Cl3N3O3S/c1-15-13-28(18-5-3-2-4-6-18)29(23(15)30)14-16-7-8-17(24)11-22(16)27-33(31,32)19-9-10-20(25)21(26)12-19/h2-12,15,27H,13-14H2,1H3/t15-/m1/s1. The summed E-state index contributed by atoms with van der Waals surface area (Å²) in [6, 6.07) is 18.5. The van der Waals surface area contributed by atoms with Gasteiger partial charge in [0.15, 0.2) is 0 Å². The molecule has 0 saturated carbocycles. The number of rotatable bonds is 6. The van der Waals surface area contributed by atoms with Gasteiger partial charge in [-0.15, -0.1) is 0 Å². The molecule has 172 valence electrons. The second-order valence-corrected chi connectivity index (χ2v) is 10.6. The van der Waals surface area contributed by atoms with E-state index in [2.05, 4.69) is 4.72 Å². The van der Waals surface area contributed by atoms with Crippen LogP contribution in [0, 0.1) is 5.92 Å². The van der Waals surface area contributed by atoms with Crippen molar-refractivity contribution >= 4 is 62.1 Å². The van der Waals surface area contributed by atoms with Crippen molar-refractivity contribution in [3.8, 4) is 0 Å². The first-order valence-electron chi connectivity index (χ1n) is 10.1. The van der Waals surface area contributed by atoms with Crippen molar-refractivity contribution in [2.45, 2.75) is 18.4 Å². The van der Waals surface area contributed by atoms with Crippen LogP contribution in [0.4, 0.5) is 11.4 Å². The summed E-state index contributed by atoms with van der Waals surface area (Å²) in [5.41, 5.74) is 1.74. The third kappa shape index (κ3) is 5.06. The van der Waals surface area contributed by atoms with Crippen molar-refractivity contribution in [3.05, 3.63) is 87.4 Å². The predicted molar refractivity (Wildman–Crippen MR) is 132 cm³/mol. The molecule has 1 heterocycles. The fourth-order valence-electron chi connectivity index (χ4n) is 3.61. The van der Waals surface area contributed by atoms with Gasteiger partial charge >= 0.3 is 0 Å². The van der Waals surface area contributed by atoms with Gasteiger partial charge in [0.05, 0.1) is 45.3 Å². The molecule has 33 heavy (non-hydrogen) atoms. The molecular formula is C23H20Cl3N3O3S. The maximum Gasteiger partial charge on any atom is 0.261 e. The highest BCUT2D eigenvalue weighted by molar-refractivity contribution is 7.92. The molecule has 1 atom stereocenters. The number of anilines is 2. The molecule has 4 rings (SSSR count). The highest BCUT2D eigenvalue weighted by Gasteiger charge is 2.36. The molecule has 10 heteroatoms. The zero-order valence-electron chi connectivity index (χ0n) is 17.5. The van der Waals surface area contributed by atoms with Crippen LogP contribution in [0.3, 0.4) is 0 Å². The van der Waals surface area contributed by atoms with Crippen LogP contribution in [-0.4, -0.2) is 25.9 Å². The van der Waals surface area contributed by atoms with Crippen molar-refractivity contribution in [1.29, 1.82) is 0 Å². The van der Waals surface area contributed by atoms with Gasteiger partial charge in [0.25, 0.3) is 10.0 Å². The Balaban J connectivity index is 1.67. The highest BCUT2D eigenvalue weighted by atomic mass is 35.5. The van der Waals surface area contributed by atoms with E-state index in [0.717, 1.165) is 5.69 Å². The second kappa shape index (κ2) is 9.43. The van der Waals surface area contributed by atoms with E-state index in [9.17, 15) is 13.2 Å². The molecular weight excluding hydrogens is 505 g/mol. The summed E-state index contributed by atoms with van der Waals surface area (Å²) in [7, 11) is -3.98. The van der Waals surface area contributed by atoms with Gasteiger partial charge in [-0.1, -0.05) is 66.0 Å². The van der Waals surface area contributed by atoms with Gasteiger partial charge in [0.2, 0.25) is 5.91 Å². The molecule has 1 aliphatic rings. The Labute approximate surface area is 207 Å². The zero-order chi connectivity index (χ0) is 23.8. The number of sulfonamides is 1. The average molecular weight is 525 g/mol. The monoisotopic (exact) mass is 523 g/mol. The van der Waals surface area contributed by atoms with Crippen LogP contribution in [0.2, 0.25) is 15.1 Å². The Bertz CT molecular complexity index is 1300. The Kier molecular flexibility index (Phi) is 6.77. The number of carbonyl (C=O) groups is 1. The predicted octanol–water partition coefficient (Wildman–Crippen LogP) is 5.85. The normalized spacial score (nSPS) is 16.4. The van der Waals surface area contributed by atoms with Crippen LogP contribution in [0.25, 0.3) is 0 Å². The van der Waals surface area contributed by atoms with E-state index in [4.69, 9.17) is 34.8 Å². The molecule has 0 aromatic heterocycles. The maximum atomic E-state index is 13.0. The number of halogens is 3. The smallest absolute Gasteiger partial charge is 0.261 e. The molecule has 0 radical (unpaired) electrons. The largest absolute Gasteiger partial charge is 0.282 e. The molecule has 1 saturated heterocycles. The molecule has 1 fully saturated rings. The number of carbonyl (C=O) groups excluding carboxylic acids is 1. The van der Waals surface area contributed by atoms with Crippen LogP contribution in [0.1, 0.15) is 12.5 Å². The van der Waals surface area contributed by atoms with Gasteiger partial charge in [-0.25, -0.2) is 13.4 Å². The number of hydrogen-bond donors (Lipinski definition) is 1. The lowest BCUT2D eigenvalue weighted by atomic mass is 10.1. The van der Waals surface area contributed by atoms with E-state index in [0.29, 0.717) is 17.1 Å². The molecule has 1 aliphatic heterocycles. The zero-order valence-corrected chi connectivity index (χ0v) is 20.6. The van der Waals surface area contributed by atoms with Crippen LogP contribution in [0.15, 0.2) is 71.6 Å². The molecule has 1 amide bonds. The summed E-state index contributed by atoms with van der Waals surface area (Å²) < 4.78 is 28.6. The van der Waals surface area contributed by atoms with Gasteiger partial charge in [0.1, 0.15) is 0 Å². The van der Waals surface area contributed by atoms with E-state index in [1.807, 2.05) is 42.3 Å². The van der Waals surface area contributed by atoms with Crippen LogP contribution < -0.4 is 9.73 Å². The number of hydrogen-bond acceptors (Lipinski definition) is 4. The first-order valence-corrected chi connectivity index (χ1v) is 12.7. The summed E-state index contributed by atoms with van der Waals surface area (Å²) in [5, 5.41) is 4.26. The summed E-state index contributed by atoms with van der Waals surface area (Å²) >= 11 is 18.1. The number of benzene rings is 3. The summed E-state index contributed by atoms with van der Waals surface area (Å²) in [5.74, 6) is -0.249. The van der Waals surface area contributed by atoms with Gasteiger partial charge in [-0.05, 0) is 48.0 Å². The van der Waals surface area contributed by atoms with Gasteiger partial charge < -0.3 is 0 Å². The lowest BCUT2D eigenvalue weighted by Crippen LogP contribution is -2.38. The molecule has 0 spiro atoms. The maximum absolute atomic E-state index is 13.0. The van der Waals surface area contributed by atoms with Crippen molar-refractivity contribution in [2.24, 2.45) is 5.92 Å². The minimum Gasteiger partial charge on any atom is -0.282 e. The van der Waals surface area contributed by atoms with Gasteiger partial charge in [-0.3, -0.25) is 14.5 Å². The molecule has 0 bridgehead atoms. The van der Waals surface area contributed by atoms with Crippen LogP contribution in [0.5, 0.6) is 0 Å². The van der Waals surface area contributed by atoms with E-state index < -0.39 is 10.0 Å². The molecule has 3 aromatic rings. The van der Waals surface area contributed by atoms with Crippen molar-refractivity contribution < 1.29 is 13.2 Å². The first-order chi connectivity index (χ1) is 15.7. The minimum atomic E-state index is -3.98. The van der Waals surface area contributed by atoms with E-state index in [-0.39, 0.29) is 39.0 Å². The Morgan fingerprint density at radius 2 is 1.70 bits per heavy atom. The quantitative estimate of drug-likeness (QED) is 0.439. The first kappa shape index (κ1) is 23.7. The number of para-hydroxylation sites is 1. The lowest BCUT2D eigenvalue weighted by Gasteiger charge is -2.30. The summed E-state index contributed by atoms with van der Waals surface area (Å²) in [6.07, 6.45) is 0. The molecule has 6 nitrogen and oxygen atoms in total. The Morgan fingerprint density at radius 3 is 2.39 bits per heavy atom. The molecule has 0 aliphatic carbocycles. The summed E-state index contributed by atoms with van der Waals surface area (Å²) in [4.78, 5) is 12.9. The third-order valence-corrected chi connectivity index (χ3v) is 7.64. The van der Waals surface area contributed by atoms with E-state index >= 15 is 0 Å². The SMILES string of the molecule is C[C@@H]1CN(c2ccccc2)N(Cc2ccc(Cl)cc2NS(=O)(=O)c2ccc(Cl)c(Cl)c2)C1=O. The molecule has 0 unspecified atom stereocenters. The van der Waals surface area contributed by atoms with Gasteiger partial charge in [0, 0.05) is 5.02 Å². The van der Waals surface area contributed by atoms with Crippen LogP contribution in [-0.2, 0) is 21.4 Å².